The van der Waals surface area contributed by atoms with Crippen molar-refractivity contribution in [2.24, 2.45) is 0 Å². The van der Waals surface area contributed by atoms with E-state index in [9.17, 15) is 21.0 Å². The molecular formula is C20H2N10. The van der Waals surface area contributed by atoms with Crippen molar-refractivity contribution in [1.29, 1.82) is 21.0 Å². The summed E-state index contributed by atoms with van der Waals surface area (Å²) in [6.07, 6.45) is 10.9. The van der Waals surface area contributed by atoms with E-state index in [1.165, 1.54) is 0 Å². The number of hydrogen-bond acceptors (Lipinski definition) is 10. The van der Waals surface area contributed by atoms with Crippen molar-refractivity contribution in [3.8, 4) is 49.0 Å². The maximum Gasteiger partial charge on any atom is 0.177 e. The predicted molar refractivity (Wildman–Crippen MR) is 100 cm³/mol. The summed E-state index contributed by atoms with van der Waals surface area (Å²) in [5.74, 6) is 4.55. The Morgan fingerprint density at radius 2 is 0.600 bits per heavy atom. The zero-order chi connectivity index (χ0) is 21.4. The molecule has 3 aromatic heterocycles. The van der Waals surface area contributed by atoms with Gasteiger partial charge < -0.3 is 0 Å². The monoisotopic (exact) mass is 382 g/mol. The molecule has 0 saturated heterocycles. The fourth-order valence-corrected chi connectivity index (χ4v) is 2.81. The molecule has 0 atom stereocenters. The lowest BCUT2D eigenvalue weighted by molar-refractivity contribution is 1.16. The van der Waals surface area contributed by atoms with Crippen LogP contribution < -0.4 is 0 Å². The van der Waals surface area contributed by atoms with Gasteiger partial charge in [0.05, 0.1) is 0 Å². The van der Waals surface area contributed by atoms with E-state index in [1.54, 1.807) is 12.1 Å². The maximum atomic E-state index is 9.36. The molecule has 4 rings (SSSR count). The van der Waals surface area contributed by atoms with E-state index in [-0.39, 0.29) is 67.3 Å². The van der Waals surface area contributed by atoms with Crippen LogP contribution in [0.5, 0.6) is 0 Å². The lowest BCUT2D eigenvalue weighted by Gasteiger charge is -2.09. The highest BCUT2D eigenvalue weighted by atomic mass is 14.9. The van der Waals surface area contributed by atoms with Crippen LogP contribution in [0.3, 0.4) is 0 Å². The average Bonchev–Trinajstić information content (AvgIpc) is 2.81. The Morgan fingerprint density at radius 1 is 0.400 bits per heavy atom. The third kappa shape index (κ3) is 2.31. The second-order valence-corrected chi connectivity index (χ2v) is 5.59. The van der Waals surface area contributed by atoms with Crippen molar-refractivity contribution >= 4 is 33.1 Å². The van der Waals surface area contributed by atoms with Gasteiger partial charge in [0, 0.05) is 0 Å². The van der Waals surface area contributed by atoms with Gasteiger partial charge >= 0.3 is 0 Å². The van der Waals surface area contributed by atoms with Crippen molar-refractivity contribution in [3.63, 3.8) is 0 Å². The Hall–Kier alpha value is -5.68. The number of fused-ring (bicyclic) bond motifs is 6. The number of hydrogen-bond donors (Lipinski definition) is 0. The molecule has 0 N–H and O–H groups in total. The van der Waals surface area contributed by atoms with Gasteiger partial charge in [-0.1, -0.05) is 0 Å². The molecule has 10 nitrogen and oxygen atoms in total. The van der Waals surface area contributed by atoms with Crippen LogP contribution in [0.4, 0.5) is 0 Å². The van der Waals surface area contributed by atoms with Gasteiger partial charge in [0.1, 0.15) is 68.8 Å². The topological polar surface area (TPSA) is 172 Å². The summed E-state index contributed by atoms with van der Waals surface area (Å²) in [6.45, 7) is 0. The van der Waals surface area contributed by atoms with Gasteiger partial charge in [-0.3, -0.25) is 0 Å². The molecule has 0 fully saturated rings. The summed E-state index contributed by atoms with van der Waals surface area (Å²) in [5.41, 5.74) is -0.403. The quantitative estimate of drug-likeness (QED) is 0.315. The van der Waals surface area contributed by atoms with E-state index >= 15 is 0 Å². The molecule has 0 aliphatic heterocycles. The summed E-state index contributed by atoms with van der Waals surface area (Å²) < 4.78 is 0. The van der Waals surface area contributed by atoms with Crippen LogP contribution in [0.15, 0.2) is 0 Å². The van der Waals surface area contributed by atoms with Gasteiger partial charge in [0.15, 0.2) is 22.8 Å². The average molecular weight is 382 g/mol. The zero-order valence-corrected chi connectivity index (χ0v) is 14.6. The van der Waals surface area contributed by atoms with E-state index in [1.807, 2.05) is 12.1 Å². The van der Waals surface area contributed by atoms with Gasteiger partial charge in [-0.2, -0.15) is 21.0 Å². The predicted octanol–water partition coefficient (Wildman–Crippen LogP) is 0.966. The van der Waals surface area contributed by atoms with Crippen LogP contribution in [0.25, 0.3) is 33.1 Å². The third-order valence-corrected chi connectivity index (χ3v) is 4.06. The van der Waals surface area contributed by atoms with Gasteiger partial charge in [-0.05, 0) is 11.8 Å². The molecule has 0 saturated carbocycles. The Bertz CT molecular complexity index is 1350. The van der Waals surface area contributed by atoms with Gasteiger partial charge in [0.25, 0.3) is 0 Å². The summed E-state index contributed by atoms with van der Waals surface area (Å²) in [6, 6.07) is 7.27. The van der Waals surface area contributed by atoms with Gasteiger partial charge in [-0.25, -0.2) is 29.9 Å². The number of rotatable bonds is 0. The first-order valence-electron chi connectivity index (χ1n) is 7.91. The van der Waals surface area contributed by atoms with Crippen LogP contribution in [-0.2, 0) is 0 Å². The second kappa shape index (κ2) is 6.49. The molecule has 0 bridgehead atoms. The minimum atomic E-state index is -0.249. The second-order valence-electron chi connectivity index (χ2n) is 5.59. The molecule has 0 amide bonds. The molecule has 0 aliphatic carbocycles. The summed E-state index contributed by atoms with van der Waals surface area (Å²) in [5, 5.41) is 37.3. The van der Waals surface area contributed by atoms with Crippen LogP contribution in [0.2, 0.25) is 0 Å². The Kier molecular flexibility index (Phi) is 3.83. The van der Waals surface area contributed by atoms with E-state index in [0.29, 0.717) is 0 Å². The molecule has 0 spiro atoms. The molecule has 4 aromatic rings. The largest absolute Gasteiger partial charge is 0.232 e. The van der Waals surface area contributed by atoms with Crippen molar-refractivity contribution in [2.75, 3.05) is 0 Å². The van der Waals surface area contributed by atoms with Crippen molar-refractivity contribution in [2.45, 2.75) is 0 Å². The fraction of sp³-hybridized carbons (Fsp3) is 0. The van der Waals surface area contributed by atoms with Gasteiger partial charge in [-0.15, -0.1) is 12.8 Å². The lowest BCUT2D eigenvalue weighted by Crippen LogP contribution is -2.05. The minimum absolute atomic E-state index is 0.0406. The normalized spacial score (nSPS) is 9.80. The third-order valence-electron chi connectivity index (χ3n) is 4.06. The highest BCUT2D eigenvalue weighted by molar-refractivity contribution is 6.18. The number of nitriles is 4. The van der Waals surface area contributed by atoms with E-state index < -0.39 is 0 Å². The van der Waals surface area contributed by atoms with Crippen LogP contribution in [-0.4, -0.2) is 29.9 Å². The van der Waals surface area contributed by atoms with E-state index in [0.717, 1.165) is 0 Å². The summed E-state index contributed by atoms with van der Waals surface area (Å²) in [7, 11) is 0. The molecule has 30 heavy (non-hydrogen) atoms. The number of aromatic nitrogens is 6. The van der Waals surface area contributed by atoms with Gasteiger partial charge in [0.2, 0.25) is 0 Å². The SMILES string of the molecule is C#Cc1nc2c3nc(C#C)c(C#N)nc3c3nc(C#N)c(C#N)nc3c2nc1C#N. The Morgan fingerprint density at radius 3 is 0.800 bits per heavy atom. The molecule has 132 valence electrons. The maximum absolute atomic E-state index is 9.36. The molecular weight excluding hydrogens is 380 g/mol. The highest BCUT2D eigenvalue weighted by Crippen LogP contribution is 2.30. The first-order valence-corrected chi connectivity index (χ1v) is 7.91. The molecule has 0 unspecified atom stereocenters. The summed E-state index contributed by atoms with van der Waals surface area (Å²) in [4.78, 5) is 25.4. The smallest absolute Gasteiger partial charge is 0.177 e. The molecule has 10 heteroatoms. The highest BCUT2D eigenvalue weighted by Gasteiger charge is 2.22. The van der Waals surface area contributed by atoms with Crippen molar-refractivity contribution < 1.29 is 0 Å². The Labute approximate surface area is 167 Å². The van der Waals surface area contributed by atoms with E-state index in [2.05, 4.69) is 41.7 Å². The molecule has 3 heterocycles. The van der Waals surface area contributed by atoms with Crippen LogP contribution in [0, 0.1) is 70.0 Å². The first-order chi connectivity index (χ1) is 14.6. The lowest BCUT2D eigenvalue weighted by atomic mass is 10.1. The standard InChI is InChI=1S/C20H2N10/c1-3-9-11(5-21)27-17-15(25-9)16-18(28-12(6-22)10(4-2)26-16)20-19(17)29-13(7-23)14(8-24)30-20/h1-2H. The molecule has 0 aliphatic rings. The fourth-order valence-electron chi connectivity index (χ4n) is 2.81. The van der Waals surface area contributed by atoms with Crippen LogP contribution in [0.1, 0.15) is 34.2 Å². The number of benzene rings is 1. The van der Waals surface area contributed by atoms with Crippen molar-refractivity contribution in [1.82, 2.24) is 29.9 Å². The Balaban J connectivity index is 2.42. The summed E-state index contributed by atoms with van der Waals surface area (Å²) >= 11 is 0. The number of nitrogens with zero attached hydrogens (tertiary/aromatic N) is 10. The zero-order valence-electron chi connectivity index (χ0n) is 14.6. The van der Waals surface area contributed by atoms with Crippen molar-refractivity contribution in [3.05, 3.63) is 34.2 Å². The first kappa shape index (κ1) is 17.7. The molecule has 1 aromatic carbocycles. The number of terminal acetylenes is 2. The molecule has 0 radical (unpaired) electrons. The van der Waals surface area contributed by atoms with E-state index in [4.69, 9.17) is 12.8 Å². The minimum Gasteiger partial charge on any atom is -0.232 e. The van der Waals surface area contributed by atoms with Crippen LogP contribution >= 0.6 is 0 Å².